The third-order valence-electron chi connectivity index (χ3n) is 4.39. The maximum absolute atomic E-state index is 11.7. The van der Waals surface area contributed by atoms with Gasteiger partial charge in [-0.25, -0.2) is 0 Å². The Morgan fingerprint density at radius 3 is 2.90 bits per heavy atom. The Bertz CT molecular complexity index is 477. The van der Waals surface area contributed by atoms with Crippen LogP contribution in [0, 0.1) is 6.92 Å². The molecule has 1 amide bonds. The Morgan fingerprint density at radius 2 is 2.25 bits per heavy atom. The molecule has 2 rings (SSSR count). The molecule has 0 spiro atoms. The zero-order valence-corrected chi connectivity index (χ0v) is 13.1. The van der Waals surface area contributed by atoms with E-state index in [1.807, 2.05) is 18.8 Å². The second-order valence-electron chi connectivity index (χ2n) is 5.65. The second kappa shape index (κ2) is 6.64. The lowest BCUT2D eigenvalue weighted by Gasteiger charge is -2.38. The van der Waals surface area contributed by atoms with Gasteiger partial charge in [0, 0.05) is 11.0 Å². The third kappa shape index (κ3) is 3.36. The Hall–Kier alpha value is -1.00. The van der Waals surface area contributed by atoms with Crippen molar-refractivity contribution >= 4 is 17.7 Å². The van der Waals surface area contributed by atoms with Gasteiger partial charge in [-0.05, 0) is 50.8 Å². The molecule has 0 aromatic heterocycles. The number of amides is 1. The lowest BCUT2D eigenvalue weighted by Crippen LogP contribution is -2.57. The van der Waals surface area contributed by atoms with Gasteiger partial charge >= 0.3 is 0 Å². The largest absolute Gasteiger partial charge is 0.368 e. The number of nitrogens with one attached hydrogen (secondary N) is 1. The van der Waals surface area contributed by atoms with E-state index in [2.05, 4.69) is 36.5 Å². The first-order valence-electron chi connectivity index (χ1n) is 7.22. The van der Waals surface area contributed by atoms with Crippen LogP contribution in [0.15, 0.2) is 24.3 Å². The molecule has 1 aromatic rings. The summed E-state index contributed by atoms with van der Waals surface area (Å²) in [5.41, 5.74) is 7.82. The zero-order chi connectivity index (χ0) is 14.6. The van der Waals surface area contributed by atoms with E-state index in [1.165, 1.54) is 17.5 Å². The molecule has 1 saturated carbocycles. The minimum Gasteiger partial charge on any atom is -0.368 e. The molecule has 0 bridgehead atoms. The van der Waals surface area contributed by atoms with Gasteiger partial charge in [0.1, 0.15) is 0 Å². The molecule has 3 nitrogen and oxygen atoms in total. The minimum absolute atomic E-state index is 0.207. The van der Waals surface area contributed by atoms with Crippen LogP contribution in [0.2, 0.25) is 0 Å². The van der Waals surface area contributed by atoms with Gasteiger partial charge in [0.15, 0.2) is 0 Å². The maximum Gasteiger partial charge on any atom is 0.237 e. The molecule has 3 N–H and O–H groups in total. The lowest BCUT2D eigenvalue weighted by molar-refractivity contribution is -0.125. The maximum atomic E-state index is 11.7. The van der Waals surface area contributed by atoms with Crippen LogP contribution in [0.5, 0.6) is 0 Å². The van der Waals surface area contributed by atoms with E-state index in [9.17, 15) is 4.79 Å². The molecular weight excluding hydrogens is 268 g/mol. The molecule has 110 valence electrons. The number of hydrogen-bond acceptors (Lipinski definition) is 3. The molecule has 4 heteroatoms. The lowest BCUT2D eigenvalue weighted by atomic mass is 9.81. The molecule has 2 unspecified atom stereocenters. The SMILES string of the molecule is CNC1(C(N)=O)CCCC(SCc2ccccc2C)C1. The Labute approximate surface area is 125 Å². The van der Waals surface area contributed by atoms with Crippen LogP contribution in [0.1, 0.15) is 36.8 Å². The summed E-state index contributed by atoms with van der Waals surface area (Å²) in [6, 6.07) is 8.50. The van der Waals surface area contributed by atoms with Crippen LogP contribution in [0.4, 0.5) is 0 Å². The Balaban J connectivity index is 1.97. The van der Waals surface area contributed by atoms with Crippen LogP contribution in [0.25, 0.3) is 0 Å². The molecule has 1 aliphatic rings. The van der Waals surface area contributed by atoms with Crippen molar-refractivity contribution < 1.29 is 4.79 Å². The molecule has 0 heterocycles. The fourth-order valence-corrected chi connectivity index (χ4v) is 4.40. The summed E-state index contributed by atoms with van der Waals surface area (Å²) in [5.74, 6) is 0.803. The van der Waals surface area contributed by atoms with Gasteiger partial charge in [0.25, 0.3) is 0 Å². The molecule has 0 aliphatic heterocycles. The van der Waals surface area contributed by atoms with Gasteiger partial charge in [-0.1, -0.05) is 24.3 Å². The van der Waals surface area contributed by atoms with Crippen molar-refractivity contribution in [3.05, 3.63) is 35.4 Å². The molecule has 1 aromatic carbocycles. The fourth-order valence-electron chi connectivity index (χ4n) is 2.92. The van der Waals surface area contributed by atoms with E-state index in [0.29, 0.717) is 5.25 Å². The predicted octanol–water partition coefficient (Wildman–Crippen LogP) is 2.61. The van der Waals surface area contributed by atoms with E-state index in [4.69, 9.17) is 5.73 Å². The van der Waals surface area contributed by atoms with Crippen LogP contribution in [0.3, 0.4) is 0 Å². The highest BCUT2D eigenvalue weighted by Crippen LogP contribution is 2.36. The van der Waals surface area contributed by atoms with Crippen LogP contribution in [-0.4, -0.2) is 23.7 Å². The number of benzene rings is 1. The number of carbonyl (C=O) groups excluding carboxylic acids is 1. The third-order valence-corrected chi connectivity index (χ3v) is 5.74. The number of primary amides is 1. The second-order valence-corrected chi connectivity index (χ2v) is 6.94. The van der Waals surface area contributed by atoms with Gasteiger partial charge < -0.3 is 11.1 Å². The van der Waals surface area contributed by atoms with E-state index in [0.717, 1.165) is 25.0 Å². The molecule has 0 saturated heterocycles. The molecule has 1 aliphatic carbocycles. The average molecular weight is 292 g/mol. The summed E-state index contributed by atoms with van der Waals surface area (Å²) in [6.45, 7) is 2.15. The first-order chi connectivity index (χ1) is 9.57. The Kier molecular flexibility index (Phi) is 5.11. The van der Waals surface area contributed by atoms with Gasteiger partial charge in [-0.3, -0.25) is 4.79 Å². The highest BCUT2D eigenvalue weighted by atomic mass is 32.2. The van der Waals surface area contributed by atoms with E-state index in [-0.39, 0.29) is 5.91 Å². The van der Waals surface area contributed by atoms with Crippen molar-refractivity contribution in [1.82, 2.24) is 5.32 Å². The highest BCUT2D eigenvalue weighted by Gasteiger charge is 2.40. The number of likely N-dealkylation sites (N-methyl/N-ethyl adjacent to an activating group) is 1. The molecule has 2 atom stereocenters. The first-order valence-corrected chi connectivity index (χ1v) is 8.27. The van der Waals surface area contributed by atoms with Crippen molar-refractivity contribution in [2.45, 2.75) is 49.1 Å². The summed E-state index contributed by atoms with van der Waals surface area (Å²) in [6.07, 6.45) is 3.94. The average Bonchev–Trinajstić information content (AvgIpc) is 2.46. The van der Waals surface area contributed by atoms with E-state index < -0.39 is 5.54 Å². The van der Waals surface area contributed by atoms with E-state index in [1.54, 1.807) is 0 Å². The number of hydrogen-bond donors (Lipinski definition) is 2. The summed E-state index contributed by atoms with van der Waals surface area (Å²) < 4.78 is 0. The monoisotopic (exact) mass is 292 g/mol. The smallest absolute Gasteiger partial charge is 0.237 e. The summed E-state index contributed by atoms with van der Waals surface area (Å²) in [4.78, 5) is 11.7. The number of thioether (sulfide) groups is 1. The van der Waals surface area contributed by atoms with E-state index >= 15 is 0 Å². The van der Waals surface area contributed by atoms with Gasteiger partial charge in [0.05, 0.1) is 5.54 Å². The number of nitrogens with two attached hydrogens (primary N) is 1. The van der Waals surface area contributed by atoms with Gasteiger partial charge in [0.2, 0.25) is 5.91 Å². The van der Waals surface area contributed by atoms with Crippen molar-refractivity contribution in [2.75, 3.05) is 7.05 Å². The summed E-state index contributed by atoms with van der Waals surface area (Å²) >= 11 is 1.95. The molecule has 20 heavy (non-hydrogen) atoms. The van der Waals surface area contributed by atoms with Crippen LogP contribution >= 0.6 is 11.8 Å². The quantitative estimate of drug-likeness (QED) is 0.877. The summed E-state index contributed by atoms with van der Waals surface area (Å²) in [5, 5.41) is 3.67. The van der Waals surface area contributed by atoms with Crippen LogP contribution in [-0.2, 0) is 10.5 Å². The van der Waals surface area contributed by atoms with Crippen molar-refractivity contribution in [1.29, 1.82) is 0 Å². The van der Waals surface area contributed by atoms with Gasteiger partial charge in [-0.2, -0.15) is 11.8 Å². The van der Waals surface area contributed by atoms with Crippen LogP contribution < -0.4 is 11.1 Å². The highest BCUT2D eigenvalue weighted by molar-refractivity contribution is 7.99. The number of aryl methyl sites for hydroxylation is 1. The van der Waals surface area contributed by atoms with Crippen molar-refractivity contribution in [3.8, 4) is 0 Å². The Morgan fingerprint density at radius 1 is 1.50 bits per heavy atom. The fraction of sp³-hybridized carbons (Fsp3) is 0.562. The molecule has 1 fully saturated rings. The topological polar surface area (TPSA) is 55.1 Å². The molecule has 0 radical (unpaired) electrons. The standard InChI is InChI=1S/C16H24N2OS/c1-12-6-3-4-7-13(12)11-20-14-8-5-9-16(10-14,18-2)15(17)19/h3-4,6-7,14,18H,5,8-11H2,1-2H3,(H2,17,19). The normalized spacial score (nSPS) is 26.4. The van der Waals surface area contributed by atoms with Crippen molar-refractivity contribution in [3.63, 3.8) is 0 Å². The summed E-state index contributed by atoms with van der Waals surface area (Å²) in [7, 11) is 1.85. The number of rotatable bonds is 5. The molecular formula is C16H24N2OS. The number of carbonyl (C=O) groups is 1. The van der Waals surface area contributed by atoms with Crippen molar-refractivity contribution in [2.24, 2.45) is 5.73 Å². The zero-order valence-electron chi connectivity index (χ0n) is 12.3. The first kappa shape index (κ1) is 15.4. The predicted molar refractivity (Wildman–Crippen MR) is 85.7 cm³/mol. The van der Waals surface area contributed by atoms with Gasteiger partial charge in [-0.15, -0.1) is 0 Å². The minimum atomic E-state index is -0.498.